The maximum atomic E-state index is 9.32. The molecule has 0 saturated heterocycles. The van der Waals surface area contributed by atoms with Crippen molar-refractivity contribution < 1.29 is 14.6 Å². The molecule has 0 heterocycles. The van der Waals surface area contributed by atoms with Gasteiger partial charge in [0.25, 0.3) is 0 Å². The molecule has 2 aromatic rings. The van der Waals surface area contributed by atoms with Crippen LogP contribution in [0, 0.1) is 0 Å². The minimum absolute atomic E-state index is 0.219. The molecule has 1 fully saturated rings. The Hall–Kier alpha value is -1.65. The van der Waals surface area contributed by atoms with E-state index in [4.69, 9.17) is 9.47 Å². The molecule has 1 aliphatic rings. The van der Waals surface area contributed by atoms with Crippen molar-refractivity contribution in [2.45, 2.75) is 61.2 Å². The van der Waals surface area contributed by atoms with Gasteiger partial charge >= 0.3 is 0 Å². The summed E-state index contributed by atoms with van der Waals surface area (Å²) in [5, 5.41) is 9.32. The fraction of sp³-hybridized carbons (Fsp3) is 0.400. The molecule has 0 aliphatic heterocycles. The highest BCUT2D eigenvalue weighted by Crippen LogP contribution is 2.30. The van der Waals surface area contributed by atoms with Gasteiger partial charge in [-0.3, -0.25) is 0 Å². The van der Waals surface area contributed by atoms with Crippen LogP contribution in [0.15, 0.2) is 58.3 Å². The van der Waals surface area contributed by atoms with Crippen LogP contribution < -0.4 is 4.74 Å². The minimum atomic E-state index is -0.219. The predicted octanol–water partition coefficient (Wildman–Crippen LogP) is 5.62. The van der Waals surface area contributed by atoms with Gasteiger partial charge in [0.05, 0.1) is 6.10 Å². The van der Waals surface area contributed by atoms with Gasteiger partial charge in [0.2, 0.25) is 0 Å². The maximum absolute atomic E-state index is 9.32. The molecule has 1 N–H and O–H groups in total. The van der Waals surface area contributed by atoms with Crippen LogP contribution in [0.5, 0.6) is 11.5 Å². The summed E-state index contributed by atoms with van der Waals surface area (Å²) in [7, 11) is 0. The molecule has 1 aliphatic carbocycles. The fourth-order valence-corrected chi connectivity index (χ4v) is 3.74. The number of ether oxygens (including phenoxy) is 2. The van der Waals surface area contributed by atoms with Crippen molar-refractivity contribution in [3.8, 4) is 11.5 Å². The number of hydrogen-bond donors (Lipinski definition) is 1. The van der Waals surface area contributed by atoms with E-state index in [0.717, 1.165) is 28.4 Å². The molecule has 0 aromatic heterocycles. The Labute approximate surface area is 148 Å². The molecular weight excluding hydrogens is 320 g/mol. The van der Waals surface area contributed by atoms with E-state index in [2.05, 4.69) is 0 Å². The standard InChI is InChI=1S/C20H24O3S/c1-15(22-17-5-3-2-4-6-17)23-18-9-13-20(14-10-18)24-19-11-7-16(21)8-12-19/h7-15,17,21H,2-6H2,1H3. The van der Waals surface area contributed by atoms with Gasteiger partial charge in [0, 0.05) is 9.79 Å². The highest BCUT2D eigenvalue weighted by molar-refractivity contribution is 7.99. The Morgan fingerprint density at radius 3 is 2.12 bits per heavy atom. The van der Waals surface area contributed by atoms with Crippen LogP contribution in [-0.4, -0.2) is 17.5 Å². The third kappa shape index (κ3) is 5.18. The van der Waals surface area contributed by atoms with Crippen LogP contribution >= 0.6 is 11.8 Å². The lowest BCUT2D eigenvalue weighted by Crippen LogP contribution is -2.26. The topological polar surface area (TPSA) is 38.7 Å². The van der Waals surface area contributed by atoms with Crippen molar-refractivity contribution in [1.82, 2.24) is 0 Å². The summed E-state index contributed by atoms with van der Waals surface area (Å²) >= 11 is 1.65. The van der Waals surface area contributed by atoms with Crippen LogP contribution in [0.4, 0.5) is 0 Å². The van der Waals surface area contributed by atoms with Crippen molar-refractivity contribution in [3.63, 3.8) is 0 Å². The molecule has 2 aromatic carbocycles. The van der Waals surface area contributed by atoms with Crippen LogP contribution in [0.3, 0.4) is 0 Å². The SMILES string of the molecule is CC(Oc1ccc(Sc2ccc(O)cc2)cc1)OC1CCCCC1. The smallest absolute Gasteiger partial charge is 0.197 e. The van der Waals surface area contributed by atoms with Gasteiger partial charge in [-0.25, -0.2) is 0 Å². The lowest BCUT2D eigenvalue weighted by atomic mass is 9.98. The van der Waals surface area contributed by atoms with Gasteiger partial charge in [-0.2, -0.15) is 0 Å². The maximum Gasteiger partial charge on any atom is 0.197 e. The van der Waals surface area contributed by atoms with Crippen LogP contribution in [-0.2, 0) is 4.74 Å². The van der Waals surface area contributed by atoms with E-state index in [1.807, 2.05) is 43.3 Å². The summed E-state index contributed by atoms with van der Waals surface area (Å²) < 4.78 is 11.9. The Morgan fingerprint density at radius 1 is 0.917 bits per heavy atom. The fourth-order valence-electron chi connectivity index (χ4n) is 2.93. The molecule has 0 spiro atoms. The number of phenolic OH excluding ortho intramolecular Hbond substituents is 1. The van der Waals surface area contributed by atoms with Crippen LogP contribution in [0.25, 0.3) is 0 Å². The molecule has 3 rings (SSSR count). The first-order valence-electron chi connectivity index (χ1n) is 8.58. The number of aromatic hydroxyl groups is 1. The normalized spacial score (nSPS) is 16.7. The molecule has 128 valence electrons. The van der Waals surface area contributed by atoms with Crippen molar-refractivity contribution in [2.24, 2.45) is 0 Å². The molecule has 1 atom stereocenters. The van der Waals surface area contributed by atoms with E-state index in [1.54, 1.807) is 23.9 Å². The Bertz CT molecular complexity index is 618. The van der Waals surface area contributed by atoms with Crippen molar-refractivity contribution in [2.75, 3.05) is 0 Å². The Morgan fingerprint density at radius 2 is 1.50 bits per heavy atom. The average molecular weight is 344 g/mol. The molecular formula is C20H24O3S. The highest BCUT2D eigenvalue weighted by atomic mass is 32.2. The Kier molecular flexibility index (Phi) is 6.05. The first-order chi connectivity index (χ1) is 11.7. The van der Waals surface area contributed by atoms with E-state index in [-0.39, 0.29) is 12.0 Å². The summed E-state index contributed by atoms with van der Waals surface area (Å²) in [6.45, 7) is 1.97. The van der Waals surface area contributed by atoms with Gasteiger partial charge in [-0.05, 0) is 68.3 Å². The summed E-state index contributed by atoms with van der Waals surface area (Å²) in [4.78, 5) is 2.23. The first kappa shape index (κ1) is 17.2. The number of benzene rings is 2. The molecule has 0 amide bonds. The zero-order chi connectivity index (χ0) is 16.8. The molecule has 0 radical (unpaired) electrons. The summed E-state index contributed by atoms with van der Waals surface area (Å²) in [5.74, 6) is 1.11. The van der Waals surface area contributed by atoms with E-state index < -0.39 is 0 Å². The summed E-state index contributed by atoms with van der Waals surface area (Å²) in [5.41, 5.74) is 0. The monoisotopic (exact) mass is 344 g/mol. The van der Waals surface area contributed by atoms with Crippen molar-refractivity contribution >= 4 is 11.8 Å². The summed E-state index contributed by atoms with van der Waals surface area (Å²) in [6.07, 6.45) is 6.28. The lowest BCUT2D eigenvalue weighted by Gasteiger charge is -2.26. The summed E-state index contributed by atoms with van der Waals surface area (Å²) in [6, 6.07) is 15.2. The molecule has 0 bridgehead atoms. The zero-order valence-corrected chi connectivity index (χ0v) is 14.8. The second kappa shape index (κ2) is 8.45. The lowest BCUT2D eigenvalue weighted by molar-refractivity contribution is -0.116. The largest absolute Gasteiger partial charge is 0.508 e. The van der Waals surface area contributed by atoms with Crippen molar-refractivity contribution in [3.05, 3.63) is 48.5 Å². The van der Waals surface area contributed by atoms with Gasteiger partial charge in [0.1, 0.15) is 11.5 Å². The van der Waals surface area contributed by atoms with E-state index >= 15 is 0 Å². The van der Waals surface area contributed by atoms with E-state index in [0.29, 0.717) is 6.10 Å². The Balaban J connectivity index is 1.51. The van der Waals surface area contributed by atoms with Gasteiger partial charge in [0.15, 0.2) is 6.29 Å². The zero-order valence-electron chi connectivity index (χ0n) is 14.0. The second-order valence-electron chi connectivity index (χ2n) is 6.15. The molecule has 24 heavy (non-hydrogen) atoms. The molecule has 3 nitrogen and oxygen atoms in total. The quantitative estimate of drug-likeness (QED) is 0.691. The third-order valence-electron chi connectivity index (χ3n) is 4.13. The molecule has 4 heteroatoms. The average Bonchev–Trinajstić information content (AvgIpc) is 2.59. The first-order valence-corrected chi connectivity index (χ1v) is 9.40. The molecule has 1 unspecified atom stereocenters. The van der Waals surface area contributed by atoms with Gasteiger partial charge in [-0.15, -0.1) is 0 Å². The van der Waals surface area contributed by atoms with Gasteiger partial charge in [-0.1, -0.05) is 31.0 Å². The van der Waals surface area contributed by atoms with Gasteiger partial charge < -0.3 is 14.6 Å². The van der Waals surface area contributed by atoms with Crippen molar-refractivity contribution in [1.29, 1.82) is 0 Å². The number of hydrogen-bond acceptors (Lipinski definition) is 4. The second-order valence-corrected chi connectivity index (χ2v) is 7.30. The molecule has 1 saturated carbocycles. The van der Waals surface area contributed by atoms with E-state index in [1.165, 1.54) is 19.3 Å². The number of phenols is 1. The predicted molar refractivity (Wildman–Crippen MR) is 96.7 cm³/mol. The minimum Gasteiger partial charge on any atom is -0.508 e. The van der Waals surface area contributed by atoms with Crippen LogP contribution in [0.2, 0.25) is 0 Å². The van der Waals surface area contributed by atoms with Crippen LogP contribution in [0.1, 0.15) is 39.0 Å². The highest BCUT2D eigenvalue weighted by Gasteiger charge is 2.17. The third-order valence-corrected chi connectivity index (χ3v) is 5.15. The number of rotatable bonds is 6. The van der Waals surface area contributed by atoms with E-state index in [9.17, 15) is 5.11 Å².